The SMILES string of the molecule is C=CCSc1nnc(C(N)CCC)n1CC1CCCO1. The Hall–Kier alpha value is -0.850. The third-order valence-corrected chi connectivity index (χ3v) is 4.38. The largest absolute Gasteiger partial charge is 0.376 e. The summed E-state index contributed by atoms with van der Waals surface area (Å²) in [6.45, 7) is 7.55. The lowest BCUT2D eigenvalue weighted by molar-refractivity contribution is 0.0938. The molecule has 2 N–H and O–H groups in total. The van der Waals surface area contributed by atoms with Gasteiger partial charge in [0.05, 0.1) is 18.7 Å². The number of rotatable bonds is 8. The van der Waals surface area contributed by atoms with Crippen LogP contribution >= 0.6 is 11.8 Å². The van der Waals surface area contributed by atoms with Crippen molar-refractivity contribution in [2.75, 3.05) is 12.4 Å². The Morgan fingerprint density at radius 2 is 2.45 bits per heavy atom. The Bertz CT molecular complexity index is 429. The van der Waals surface area contributed by atoms with Crippen LogP contribution in [0.5, 0.6) is 0 Å². The van der Waals surface area contributed by atoms with Crippen LogP contribution in [0.1, 0.15) is 44.5 Å². The van der Waals surface area contributed by atoms with E-state index in [9.17, 15) is 0 Å². The third-order valence-electron chi connectivity index (χ3n) is 3.42. The number of nitrogens with zero attached hydrogens (tertiary/aromatic N) is 3. The molecule has 2 rings (SSSR count). The minimum atomic E-state index is -0.0491. The molecule has 0 radical (unpaired) electrons. The first kappa shape index (κ1) is 15.5. The number of nitrogens with two attached hydrogens (primary N) is 1. The topological polar surface area (TPSA) is 66.0 Å². The van der Waals surface area contributed by atoms with Crippen molar-refractivity contribution in [3.63, 3.8) is 0 Å². The van der Waals surface area contributed by atoms with Crippen molar-refractivity contribution in [2.45, 2.75) is 56.5 Å². The Labute approximate surface area is 125 Å². The molecular weight excluding hydrogens is 272 g/mol. The Balaban J connectivity index is 2.16. The molecule has 5 nitrogen and oxygen atoms in total. The zero-order valence-corrected chi connectivity index (χ0v) is 12.9. The smallest absolute Gasteiger partial charge is 0.191 e. The van der Waals surface area contributed by atoms with Crippen LogP contribution in [0.3, 0.4) is 0 Å². The van der Waals surface area contributed by atoms with Gasteiger partial charge in [-0.2, -0.15) is 0 Å². The van der Waals surface area contributed by atoms with Gasteiger partial charge in [0.2, 0.25) is 0 Å². The molecule has 0 aliphatic carbocycles. The van der Waals surface area contributed by atoms with Crippen LogP contribution < -0.4 is 5.73 Å². The molecule has 0 bridgehead atoms. The van der Waals surface area contributed by atoms with E-state index in [0.717, 1.165) is 55.6 Å². The van der Waals surface area contributed by atoms with Gasteiger partial charge in [0, 0.05) is 12.4 Å². The summed E-state index contributed by atoms with van der Waals surface area (Å²) in [4.78, 5) is 0. The second kappa shape index (κ2) is 7.81. The van der Waals surface area contributed by atoms with E-state index < -0.39 is 0 Å². The van der Waals surface area contributed by atoms with Crippen LogP contribution in [0.25, 0.3) is 0 Å². The van der Waals surface area contributed by atoms with Crippen molar-refractivity contribution in [3.8, 4) is 0 Å². The Kier molecular flexibility index (Phi) is 6.06. The highest BCUT2D eigenvalue weighted by atomic mass is 32.2. The van der Waals surface area contributed by atoms with Crippen LogP contribution in [0.15, 0.2) is 17.8 Å². The number of thioether (sulfide) groups is 1. The summed E-state index contributed by atoms with van der Waals surface area (Å²) in [5.74, 6) is 1.71. The first-order valence-corrected chi connectivity index (χ1v) is 8.28. The van der Waals surface area contributed by atoms with E-state index in [-0.39, 0.29) is 12.1 Å². The summed E-state index contributed by atoms with van der Waals surface area (Å²) in [5.41, 5.74) is 6.23. The van der Waals surface area contributed by atoms with E-state index in [1.54, 1.807) is 11.8 Å². The molecule has 20 heavy (non-hydrogen) atoms. The first-order chi connectivity index (χ1) is 9.76. The number of hydrogen-bond donors (Lipinski definition) is 1. The van der Waals surface area contributed by atoms with Gasteiger partial charge in [-0.25, -0.2) is 0 Å². The Morgan fingerprint density at radius 1 is 1.60 bits per heavy atom. The van der Waals surface area contributed by atoms with Crippen LogP contribution in [0.2, 0.25) is 0 Å². The normalized spacial score (nSPS) is 20.2. The first-order valence-electron chi connectivity index (χ1n) is 7.30. The van der Waals surface area contributed by atoms with Crippen molar-refractivity contribution < 1.29 is 4.74 Å². The second-order valence-corrected chi connectivity index (χ2v) is 6.07. The van der Waals surface area contributed by atoms with Gasteiger partial charge in [0.25, 0.3) is 0 Å². The summed E-state index contributed by atoms with van der Waals surface area (Å²) < 4.78 is 7.88. The molecule has 2 atom stereocenters. The standard InChI is InChI=1S/C14H24N4OS/c1-3-6-12(15)13-16-17-14(20-9-4-2)18(13)10-11-7-5-8-19-11/h4,11-12H,2-3,5-10,15H2,1H3. The van der Waals surface area contributed by atoms with Gasteiger partial charge in [-0.1, -0.05) is 31.2 Å². The van der Waals surface area contributed by atoms with Crippen LogP contribution in [-0.4, -0.2) is 33.2 Å². The van der Waals surface area contributed by atoms with Gasteiger partial charge in [-0.15, -0.1) is 16.8 Å². The molecule has 1 aliphatic rings. The molecule has 0 aromatic carbocycles. The minimum absolute atomic E-state index is 0.0491. The summed E-state index contributed by atoms with van der Waals surface area (Å²) in [6, 6.07) is -0.0491. The van der Waals surface area contributed by atoms with Gasteiger partial charge < -0.3 is 15.0 Å². The minimum Gasteiger partial charge on any atom is -0.376 e. The molecule has 2 unspecified atom stereocenters. The molecule has 112 valence electrons. The molecule has 2 heterocycles. The zero-order valence-electron chi connectivity index (χ0n) is 12.1. The summed E-state index contributed by atoms with van der Waals surface area (Å²) >= 11 is 1.65. The van der Waals surface area contributed by atoms with Crippen molar-refractivity contribution >= 4 is 11.8 Å². The monoisotopic (exact) mass is 296 g/mol. The van der Waals surface area contributed by atoms with E-state index in [4.69, 9.17) is 10.5 Å². The fraction of sp³-hybridized carbons (Fsp3) is 0.714. The maximum absolute atomic E-state index is 6.23. The fourth-order valence-electron chi connectivity index (χ4n) is 2.42. The number of aromatic nitrogens is 3. The molecule has 6 heteroatoms. The van der Waals surface area contributed by atoms with E-state index in [1.165, 1.54) is 0 Å². The lowest BCUT2D eigenvalue weighted by Gasteiger charge is -2.17. The fourth-order valence-corrected chi connectivity index (χ4v) is 3.11. The van der Waals surface area contributed by atoms with Crippen LogP contribution in [0, 0.1) is 0 Å². The van der Waals surface area contributed by atoms with Gasteiger partial charge >= 0.3 is 0 Å². The summed E-state index contributed by atoms with van der Waals surface area (Å²) in [5, 5.41) is 9.52. The lowest BCUT2D eigenvalue weighted by Crippen LogP contribution is -2.22. The molecule has 0 spiro atoms. The average Bonchev–Trinajstić information content (AvgIpc) is 3.07. The van der Waals surface area contributed by atoms with Crippen LogP contribution in [0.4, 0.5) is 0 Å². The Morgan fingerprint density at radius 3 is 3.10 bits per heavy atom. The average molecular weight is 296 g/mol. The number of ether oxygens (including phenoxy) is 1. The highest BCUT2D eigenvalue weighted by molar-refractivity contribution is 7.99. The molecule has 0 amide bonds. The molecule has 1 aromatic rings. The predicted octanol–water partition coefficient (Wildman–Crippen LogP) is 2.54. The molecule has 1 fully saturated rings. The maximum atomic E-state index is 6.23. The highest BCUT2D eigenvalue weighted by Gasteiger charge is 2.23. The van der Waals surface area contributed by atoms with Crippen molar-refractivity contribution in [3.05, 3.63) is 18.5 Å². The van der Waals surface area contributed by atoms with Crippen molar-refractivity contribution in [1.29, 1.82) is 0 Å². The van der Waals surface area contributed by atoms with E-state index in [0.29, 0.717) is 0 Å². The van der Waals surface area contributed by atoms with Crippen molar-refractivity contribution in [2.24, 2.45) is 5.73 Å². The lowest BCUT2D eigenvalue weighted by atomic mass is 10.1. The predicted molar refractivity (Wildman–Crippen MR) is 81.8 cm³/mol. The molecule has 1 aliphatic heterocycles. The third kappa shape index (κ3) is 3.84. The molecule has 1 aromatic heterocycles. The zero-order chi connectivity index (χ0) is 14.4. The van der Waals surface area contributed by atoms with E-state index in [2.05, 4.69) is 28.3 Å². The maximum Gasteiger partial charge on any atom is 0.191 e. The quantitative estimate of drug-likeness (QED) is 0.590. The van der Waals surface area contributed by atoms with Crippen molar-refractivity contribution in [1.82, 2.24) is 14.8 Å². The second-order valence-electron chi connectivity index (χ2n) is 5.08. The van der Waals surface area contributed by atoms with Gasteiger partial charge in [0.1, 0.15) is 0 Å². The molecule has 1 saturated heterocycles. The highest BCUT2D eigenvalue weighted by Crippen LogP contribution is 2.24. The summed E-state index contributed by atoms with van der Waals surface area (Å²) in [7, 11) is 0. The van der Waals surface area contributed by atoms with E-state index >= 15 is 0 Å². The van der Waals surface area contributed by atoms with Gasteiger partial charge in [-0.05, 0) is 19.3 Å². The van der Waals surface area contributed by atoms with Gasteiger partial charge in [-0.3, -0.25) is 0 Å². The van der Waals surface area contributed by atoms with E-state index in [1.807, 2.05) is 6.08 Å². The van der Waals surface area contributed by atoms with Gasteiger partial charge in [0.15, 0.2) is 11.0 Å². The molecular formula is C14H24N4OS. The summed E-state index contributed by atoms with van der Waals surface area (Å²) in [6.07, 6.45) is 6.35. The molecule has 0 saturated carbocycles. The van der Waals surface area contributed by atoms with Crippen LogP contribution in [-0.2, 0) is 11.3 Å². The number of hydrogen-bond acceptors (Lipinski definition) is 5.